The van der Waals surface area contributed by atoms with Crippen molar-refractivity contribution in [3.63, 3.8) is 0 Å². The summed E-state index contributed by atoms with van der Waals surface area (Å²) >= 11 is 0. The maximum Gasteiger partial charge on any atom is 0.0474 e. The van der Waals surface area contributed by atoms with E-state index in [0.29, 0.717) is 0 Å². The summed E-state index contributed by atoms with van der Waals surface area (Å²) in [7, 11) is 3.94. The Labute approximate surface area is 87.8 Å². The van der Waals surface area contributed by atoms with Gasteiger partial charge in [0.1, 0.15) is 0 Å². The van der Waals surface area contributed by atoms with Gasteiger partial charge in [0.2, 0.25) is 0 Å². The van der Waals surface area contributed by atoms with Crippen LogP contribution in [0.15, 0.2) is 0 Å². The van der Waals surface area contributed by atoms with E-state index in [1.807, 2.05) is 0 Å². The molecule has 14 heavy (non-hydrogen) atoms. The molecule has 0 aromatic rings. The molecule has 0 bridgehead atoms. The molecule has 3 heteroatoms. The molecule has 0 aliphatic heterocycles. The van der Waals surface area contributed by atoms with Crippen LogP contribution in [0.25, 0.3) is 0 Å². The summed E-state index contributed by atoms with van der Waals surface area (Å²) in [4.78, 5) is 2.37. The lowest BCUT2D eigenvalue weighted by Crippen LogP contribution is -2.39. The zero-order valence-electron chi connectivity index (χ0n) is 9.59. The molecule has 0 spiro atoms. The largest absolute Gasteiger partial charge is 0.385 e. The fourth-order valence-electron chi connectivity index (χ4n) is 1.66. The monoisotopic (exact) mass is 200 g/mol. The van der Waals surface area contributed by atoms with Crippen molar-refractivity contribution in [1.82, 2.24) is 10.2 Å². The van der Waals surface area contributed by atoms with E-state index in [9.17, 15) is 0 Å². The second-order valence-corrected chi connectivity index (χ2v) is 4.23. The van der Waals surface area contributed by atoms with E-state index in [4.69, 9.17) is 4.74 Å². The molecule has 0 heterocycles. The van der Waals surface area contributed by atoms with Gasteiger partial charge >= 0.3 is 0 Å². The van der Waals surface area contributed by atoms with Crippen molar-refractivity contribution >= 4 is 0 Å². The Morgan fingerprint density at radius 1 is 1.36 bits per heavy atom. The number of likely N-dealkylation sites (N-methyl/N-ethyl adjacent to an activating group) is 1. The second kappa shape index (κ2) is 7.21. The van der Waals surface area contributed by atoms with Crippen LogP contribution in [0.4, 0.5) is 0 Å². The van der Waals surface area contributed by atoms with Gasteiger partial charge in [-0.15, -0.1) is 0 Å². The van der Waals surface area contributed by atoms with Crippen molar-refractivity contribution in [3.8, 4) is 0 Å². The molecule has 1 rings (SSSR count). The van der Waals surface area contributed by atoms with Gasteiger partial charge in [0.15, 0.2) is 0 Å². The lowest BCUT2D eigenvalue weighted by atomic mass is 9.93. The third kappa shape index (κ3) is 4.94. The van der Waals surface area contributed by atoms with Crippen molar-refractivity contribution in [1.29, 1.82) is 0 Å². The normalized spacial score (nSPS) is 17.4. The number of nitrogens with one attached hydrogen (secondary N) is 1. The van der Waals surface area contributed by atoms with Crippen LogP contribution in [-0.2, 0) is 4.74 Å². The number of ether oxygens (including phenoxy) is 1. The molecule has 1 aliphatic carbocycles. The highest BCUT2D eigenvalue weighted by atomic mass is 16.5. The van der Waals surface area contributed by atoms with Crippen LogP contribution < -0.4 is 5.32 Å². The highest BCUT2D eigenvalue weighted by Gasteiger charge is 2.15. The molecule has 1 fully saturated rings. The highest BCUT2D eigenvalue weighted by molar-refractivity contribution is 4.76. The molecular formula is C11H24N2O. The standard InChI is InChI=1S/C11H24N2O/c1-13(8-4-10-14-2)9-7-12-11-5-3-6-11/h11-12H,3-10H2,1-2H3. The summed E-state index contributed by atoms with van der Waals surface area (Å²) in [6.45, 7) is 4.30. The Morgan fingerprint density at radius 3 is 2.71 bits per heavy atom. The topological polar surface area (TPSA) is 24.5 Å². The maximum absolute atomic E-state index is 5.02. The van der Waals surface area contributed by atoms with Gasteiger partial charge in [0, 0.05) is 39.4 Å². The molecule has 0 atom stereocenters. The van der Waals surface area contributed by atoms with Crippen LogP contribution in [0.2, 0.25) is 0 Å². The number of nitrogens with zero attached hydrogens (tertiary/aromatic N) is 1. The molecule has 0 aromatic carbocycles. The molecule has 0 saturated heterocycles. The molecule has 0 amide bonds. The van der Waals surface area contributed by atoms with E-state index in [-0.39, 0.29) is 0 Å². The van der Waals surface area contributed by atoms with Crippen LogP contribution >= 0.6 is 0 Å². The number of methoxy groups -OCH3 is 1. The molecule has 0 unspecified atom stereocenters. The van der Waals surface area contributed by atoms with E-state index in [2.05, 4.69) is 17.3 Å². The van der Waals surface area contributed by atoms with Gasteiger partial charge in [-0.2, -0.15) is 0 Å². The van der Waals surface area contributed by atoms with Gasteiger partial charge in [-0.1, -0.05) is 6.42 Å². The Balaban J connectivity index is 1.84. The summed E-state index contributed by atoms with van der Waals surface area (Å²) in [5.41, 5.74) is 0. The zero-order valence-corrected chi connectivity index (χ0v) is 9.59. The first-order valence-corrected chi connectivity index (χ1v) is 5.74. The van der Waals surface area contributed by atoms with E-state index in [0.717, 1.165) is 38.7 Å². The van der Waals surface area contributed by atoms with Crippen LogP contribution in [0.1, 0.15) is 25.7 Å². The molecule has 1 N–H and O–H groups in total. The first-order valence-electron chi connectivity index (χ1n) is 5.74. The lowest BCUT2D eigenvalue weighted by molar-refractivity contribution is 0.178. The van der Waals surface area contributed by atoms with Gasteiger partial charge in [-0.05, 0) is 26.3 Å². The fraction of sp³-hybridized carbons (Fsp3) is 1.00. The first-order chi connectivity index (χ1) is 6.83. The van der Waals surface area contributed by atoms with Crippen LogP contribution in [0.5, 0.6) is 0 Å². The van der Waals surface area contributed by atoms with Gasteiger partial charge in [0.25, 0.3) is 0 Å². The van der Waals surface area contributed by atoms with E-state index >= 15 is 0 Å². The predicted octanol–water partition coefficient (Wildman–Crippen LogP) is 1.10. The quantitative estimate of drug-likeness (QED) is 0.594. The van der Waals surface area contributed by atoms with Crippen molar-refractivity contribution in [3.05, 3.63) is 0 Å². The average molecular weight is 200 g/mol. The predicted molar refractivity (Wildman–Crippen MR) is 59.6 cm³/mol. The zero-order chi connectivity index (χ0) is 10.2. The first kappa shape index (κ1) is 12.0. The minimum absolute atomic E-state index is 0.822. The van der Waals surface area contributed by atoms with Crippen LogP contribution in [0, 0.1) is 0 Å². The summed E-state index contributed by atoms with van der Waals surface area (Å²) in [5, 5.41) is 3.57. The van der Waals surface area contributed by atoms with E-state index in [1.54, 1.807) is 7.11 Å². The molecule has 3 nitrogen and oxygen atoms in total. The minimum atomic E-state index is 0.822. The molecule has 1 aliphatic rings. The smallest absolute Gasteiger partial charge is 0.0474 e. The Hall–Kier alpha value is -0.120. The third-order valence-electron chi connectivity index (χ3n) is 2.92. The third-order valence-corrected chi connectivity index (χ3v) is 2.92. The highest BCUT2D eigenvalue weighted by Crippen LogP contribution is 2.17. The molecule has 1 saturated carbocycles. The van der Waals surface area contributed by atoms with Gasteiger partial charge in [0.05, 0.1) is 0 Å². The number of rotatable bonds is 8. The Kier molecular flexibility index (Phi) is 6.15. The van der Waals surface area contributed by atoms with Crippen molar-refractivity contribution < 1.29 is 4.74 Å². The van der Waals surface area contributed by atoms with E-state index in [1.165, 1.54) is 19.3 Å². The molecule has 0 radical (unpaired) electrons. The summed E-state index contributed by atoms with van der Waals surface area (Å²) in [6, 6.07) is 0.822. The Bertz CT molecular complexity index is 137. The van der Waals surface area contributed by atoms with Gasteiger partial charge in [-0.25, -0.2) is 0 Å². The van der Waals surface area contributed by atoms with Gasteiger partial charge < -0.3 is 15.0 Å². The van der Waals surface area contributed by atoms with E-state index < -0.39 is 0 Å². The van der Waals surface area contributed by atoms with Crippen LogP contribution in [0.3, 0.4) is 0 Å². The lowest BCUT2D eigenvalue weighted by Gasteiger charge is -2.27. The van der Waals surface area contributed by atoms with Crippen LogP contribution in [-0.4, -0.2) is 51.3 Å². The van der Waals surface area contributed by atoms with Crippen molar-refractivity contribution in [2.24, 2.45) is 0 Å². The maximum atomic E-state index is 5.02. The van der Waals surface area contributed by atoms with Gasteiger partial charge in [-0.3, -0.25) is 0 Å². The molecular weight excluding hydrogens is 176 g/mol. The summed E-state index contributed by atoms with van der Waals surface area (Å²) in [6.07, 6.45) is 5.32. The van der Waals surface area contributed by atoms with Crippen molar-refractivity contribution in [2.75, 3.05) is 40.4 Å². The Morgan fingerprint density at radius 2 is 2.14 bits per heavy atom. The molecule has 0 aromatic heterocycles. The number of hydrogen-bond donors (Lipinski definition) is 1. The fourth-order valence-corrected chi connectivity index (χ4v) is 1.66. The summed E-state index contributed by atoms with van der Waals surface area (Å²) in [5.74, 6) is 0. The molecule has 84 valence electrons. The van der Waals surface area contributed by atoms with Crippen molar-refractivity contribution in [2.45, 2.75) is 31.7 Å². The minimum Gasteiger partial charge on any atom is -0.385 e. The SMILES string of the molecule is COCCCN(C)CCNC1CCC1. The average Bonchev–Trinajstić information content (AvgIpc) is 2.10. The number of hydrogen-bond acceptors (Lipinski definition) is 3. The second-order valence-electron chi connectivity index (χ2n) is 4.23. The summed E-state index contributed by atoms with van der Waals surface area (Å²) < 4.78 is 5.02.